The van der Waals surface area contributed by atoms with Crippen LogP contribution >= 0.6 is 0 Å². The second-order valence-electron chi connectivity index (χ2n) is 8.93. The number of hydrogen-bond acceptors (Lipinski definition) is 6. The van der Waals surface area contributed by atoms with Crippen LogP contribution in [0.4, 0.5) is 0 Å². The molecule has 0 unspecified atom stereocenters. The van der Waals surface area contributed by atoms with Gasteiger partial charge in [0.15, 0.2) is 10.9 Å². The van der Waals surface area contributed by atoms with E-state index in [9.17, 15) is 30.0 Å². The van der Waals surface area contributed by atoms with Crippen LogP contribution in [0.2, 0.25) is 0 Å². The van der Waals surface area contributed by atoms with E-state index < -0.39 is 10.9 Å². The Bertz CT molecular complexity index is 2140. The summed E-state index contributed by atoms with van der Waals surface area (Å²) in [6, 6.07) is 12.4. The van der Waals surface area contributed by atoms with E-state index in [1.54, 1.807) is 24.3 Å². The smallest absolute Gasteiger partial charge is 0.190 e. The van der Waals surface area contributed by atoms with Crippen LogP contribution in [0.25, 0.3) is 75.4 Å². The van der Waals surface area contributed by atoms with Crippen molar-refractivity contribution < 1.29 is 20.4 Å². The molecule has 0 radical (unpaired) electrons. The molecule has 0 aliphatic rings. The largest absolute Gasteiger partial charge is 0.507 e. The first-order chi connectivity index (χ1) is 16.4. The van der Waals surface area contributed by atoms with Crippen LogP contribution in [0.15, 0.2) is 58.1 Å². The van der Waals surface area contributed by atoms with Crippen molar-refractivity contribution >= 4 is 75.4 Å². The normalized spacial score (nSPS) is 12.8. The lowest BCUT2D eigenvalue weighted by Crippen LogP contribution is -2.05. The Kier molecular flexibility index (Phi) is 2.71. The van der Waals surface area contributed by atoms with Crippen LogP contribution in [0, 0.1) is 0 Å². The molecule has 8 aromatic carbocycles. The molecule has 0 aliphatic carbocycles. The molecule has 0 saturated heterocycles. The van der Waals surface area contributed by atoms with Crippen LogP contribution < -0.4 is 10.9 Å². The highest BCUT2D eigenvalue weighted by molar-refractivity contribution is 6.50. The minimum Gasteiger partial charge on any atom is -0.507 e. The SMILES string of the molecule is O=c1ccc2c3ccc(O)c4c(O)c5c(=O)ccc6c7ccc(O)c8c(O)c1c2c(c87)c(c43)c56. The molecule has 160 valence electrons. The third-order valence-corrected chi connectivity index (χ3v) is 7.48. The Morgan fingerprint density at radius 1 is 0.353 bits per heavy atom. The molecule has 0 amide bonds. The predicted octanol–water partition coefficient (Wildman–Crippen LogP) is 5.05. The van der Waals surface area contributed by atoms with Gasteiger partial charge in [0.25, 0.3) is 0 Å². The summed E-state index contributed by atoms with van der Waals surface area (Å²) >= 11 is 0. The Labute approximate surface area is 188 Å². The highest BCUT2D eigenvalue weighted by Gasteiger charge is 2.29. The van der Waals surface area contributed by atoms with Crippen molar-refractivity contribution in [2.75, 3.05) is 0 Å². The van der Waals surface area contributed by atoms with Gasteiger partial charge in [0.2, 0.25) is 0 Å². The van der Waals surface area contributed by atoms with E-state index in [0.717, 1.165) is 0 Å². The van der Waals surface area contributed by atoms with E-state index in [-0.39, 0.29) is 44.5 Å². The second kappa shape index (κ2) is 5.21. The minimum atomic E-state index is -0.393. The Morgan fingerprint density at radius 2 is 0.676 bits per heavy atom. The molecular formula is C28H12O6. The molecule has 34 heavy (non-hydrogen) atoms. The summed E-state index contributed by atoms with van der Waals surface area (Å²) in [5, 5.41) is 50.6. The molecule has 8 rings (SSSR count). The highest BCUT2D eigenvalue weighted by atomic mass is 16.3. The summed E-state index contributed by atoms with van der Waals surface area (Å²) in [5.74, 6) is -0.929. The molecular weight excluding hydrogens is 432 g/mol. The van der Waals surface area contributed by atoms with Crippen LogP contribution in [0.1, 0.15) is 0 Å². The highest BCUT2D eigenvalue weighted by Crippen LogP contribution is 2.56. The number of hydrogen-bond donors (Lipinski definition) is 4. The summed E-state index contributed by atoms with van der Waals surface area (Å²) < 4.78 is 0. The maximum atomic E-state index is 13.0. The zero-order valence-corrected chi connectivity index (χ0v) is 17.2. The van der Waals surface area contributed by atoms with Gasteiger partial charge in [0.05, 0.1) is 21.5 Å². The van der Waals surface area contributed by atoms with Gasteiger partial charge < -0.3 is 20.4 Å². The van der Waals surface area contributed by atoms with Crippen molar-refractivity contribution in [2.45, 2.75) is 0 Å². The number of fused-ring (bicyclic) bond motifs is 2. The number of benzene rings is 8. The average Bonchev–Trinajstić information content (AvgIpc) is 2.81. The van der Waals surface area contributed by atoms with Crippen LogP contribution in [-0.2, 0) is 0 Å². The molecule has 0 heterocycles. The summed E-state index contributed by atoms with van der Waals surface area (Å²) in [5.41, 5.74) is -0.785. The molecule has 0 aromatic heterocycles. The van der Waals surface area contributed by atoms with Gasteiger partial charge in [-0.1, -0.05) is 12.1 Å². The monoisotopic (exact) mass is 444 g/mol. The van der Waals surface area contributed by atoms with Crippen molar-refractivity contribution in [3.8, 4) is 23.0 Å². The molecule has 0 bridgehead atoms. The Balaban J connectivity index is 2.01. The number of phenols is 4. The third kappa shape index (κ3) is 1.62. The standard InChI is InChI=1S/C28H12O6/c29-13-5-1-9-10-2-6-14(30)22-18(10)26-20-12(4-8-16(32)24(20)28(22)34)11-3-7-15(31)23-19(11)25(26)17(9)21(13)27(23)33/h1-8,29,32-34H. The average molecular weight is 444 g/mol. The molecule has 0 saturated carbocycles. The first kappa shape index (κ1) is 17.7. The summed E-state index contributed by atoms with van der Waals surface area (Å²) in [6.07, 6.45) is 0. The fraction of sp³-hybridized carbons (Fsp3) is 0. The molecule has 0 aliphatic heterocycles. The van der Waals surface area contributed by atoms with Crippen molar-refractivity contribution in [2.24, 2.45) is 0 Å². The summed E-state index contributed by atoms with van der Waals surface area (Å²) in [4.78, 5) is 26.0. The molecule has 4 N–H and O–H groups in total. The topological polar surface area (TPSA) is 115 Å². The van der Waals surface area contributed by atoms with Gasteiger partial charge in [0.1, 0.15) is 23.0 Å². The quantitative estimate of drug-likeness (QED) is 0.192. The van der Waals surface area contributed by atoms with E-state index in [1.165, 1.54) is 24.3 Å². The lowest BCUT2D eigenvalue weighted by Gasteiger charge is -2.23. The molecule has 6 nitrogen and oxygen atoms in total. The second-order valence-corrected chi connectivity index (χ2v) is 8.93. The number of aromatic hydroxyl groups is 4. The van der Waals surface area contributed by atoms with Gasteiger partial charge in [-0.05, 0) is 57.9 Å². The van der Waals surface area contributed by atoms with E-state index in [1.807, 2.05) is 0 Å². The maximum absolute atomic E-state index is 13.0. The first-order valence-electron chi connectivity index (χ1n) is 10.7. The molecule has 0 atom stereocenters. The third-order valence-electron chi connectivity index (χ3n) is 7.48. The Hall–Kier alpha value is -4.84. The fourth-order valence-electron chi connectivity index (χ4n) is 6.24. The van der Waals surface area contributed by atoms with Gasteiger partial charge in [-0.15, -0.1) is 0 Å². The van der Waals surface area contributed by atoms with Crippen molar-refractivity contribution in [3.63, 3.8) is 0 Å². The van der Waals surface area contributed by atoms with Crippen molar-refractivity contribution in [1.29, 1.82) is 0 Å². The number of phenolic OH excluding ortho intramolecular Hbond substituents is 4. The van der Waals surface area contributed by atoms with Gasteiger partial charge in [-0.25, -0.2) is 0 Å². The maximum Gasteiger partial charge on any atom is 0.190 e. The van der Waals surface area contributed by atoms with E-state index in [2.05, 4.69) is 0 Å². The van der Waals surface area contributed by atoms with Crippen LogP contribution in [-0.4, -0.2) is 20.4 Å². The first-order valence-corrected chi connectivity index (χ1v) is 10.7. The van der Waals surface area contributed by atoms with Crippen molar-refractivity contribution in [1.82, 2.24) is 0 Å². The summed E-state index contributed by atoms with van der Waals surface area (Å²) in [6.45, 7) is 0. The van der Waals surface area contributed by atoms with E-state index in [4.69, 9.17) is 0 Å². The van der Waals surface area contributed by atoms with Crippen LogP contribution in [0.3, 0.4) is 0 Å². The molecule has 6 heteroatoms. The van der Waals surface area contributed by atoms with Gasteiger partial charge >= 0.3 is 0 Å². The summed E-state index contributed by atoms with van der Waals surface area (Å²) in [7, 11) is 0. The molecule has 0 spiro atoms. The van der Waals surface area contributed by atoms with E-state index >= 15 is 0 Å². The van der Waals surface area contributed by atoms with Gasteiger partial charge in [0, 0.05) is 32.3 Å². The van der Waals surface area contributed by atoms with Crippen molar-refractivity contribution in [3.05, 3.63) is 69.0 Å². The zero-order chi connectivity index (χ0) is 23.2. The van der Waals surface area contributed by atoms with Gasteiger partial charge in [-0.2, -0.15) is 0 Å². The minimum absolute atomic E-state index is 0.0854. The van der Waals surface area contributed by atoms with Crippen LogP contribution in [0.5, 0.6) is 23.0 Å². The fourth-order valence-corrected chi connectivity index (χ4v) is 6.24. The molecule has 0 fully saturated rings. The van der Waals surface area contributed by atoms with E-state index in [0.29, 0.717) is 53.9 Å². The van der Waals surface area contributed by atoms with Gasteiger partial charge in [-0.3, -0.25) is 9.59 Å². The lowest BCUT2D eigenvalue weighted by molar-refractivity contribution is 0.466. The molecule has 8 aromatic rings. The predicted molar refractivity (Wildman–Crippen MR) is 133 cm³/mol. The Morgan fingerprint density at radius 3 is 1.06 bits per heavy atom. The zero-order valence-electron chi connectivity index (χ0n) is 17.2. The lowest BCUT2D eigenvalue weighted by atomic mass is 9.79. The number of rotatable bonds is 0.